The maximum atomic E-state index is 11.0. The van der Waals surface area contributed by atoms with E-state index < -0.39 is 0 Å². The van der Waals surface area contributed by atoms with E-state index in [0.717, 1.165) is 12.0 Å². The zero-order valence-corrected chi connectivity index (χ0v) is 11.7. The maximum absolute atomic E-state index is 11.0. The first-order valence-electron chi connectivity index (χ1n) is 6.61. The van der Waals surface area contributed by atoms with E-state index in [0.29, 0.717) is 12.2 Å². The third kappa shape index (κ3) is 3.57. The van der Waals surface area contributed by atoms with Crippen LogP contribution in [0.3, 0.4) is 0 Å². The van der Waals surface area contributed by atoms with Crippen LogP contribution in [-0.4, -0.2) is 11.5 Å². The predicted molar refractivity (Wildman–Crippen MR) is 81.2 cm³/mol. The SMILES string of the molecule is Cc1ccc(CCNc2cc(C)ccc2[N+](=O)[O-])cc1. The van der Waals surface area contributed by atoms with Crippen molar-refractivity contribution in [3.05, 3.63) is 69.3 Å². The largest absolute Gasteiger partial charge is 0.379 e. The monoisotopic (exact) mass is 270 g/mol. The summed E-state index contributed by atoms with van der Waals surface area (Å²) in [6.07, 6.45) is 0.839. The van der Waals surface area contributed by atoms with Gasteiger partial charge in [0.1, 0.15) is 5.69 Å². The number of hydrogen-bond acceptors (Lipinski definition) is 3. The zero-order valence-electron chi connectivity index (χ0n) is 11.7. The lowest BCUT2D eigenvalue weighted by molar-refractivity contribution is -0.384. The number of nitro groups is 1. The van der Waals surface area contributed by atoms with Gasteiger partial charge in [-0.2, -0.15) is 0 Å². The summed E-state index contributed by atoms with van der Waals surface area (Å²) in [6.45, 7) is 4.65. The average Bonchev–Trinajstić information content (AvgIpc) is 2.41. The van der Waals surface area contributed by atoms with Crippen molar-refractivity contribution >= 4 is 11.4 Å². The molecule has 2 aromatic carbocycles. The van der Waals surface area contributed by atoms with Crippen molar-refractivity contribution in [3.8, 4) is 0 Å². The van der Waals surface area contributed by atoms with Gasteiger partial charge in [0.15, 0.2) is 0 Å². The Morgan fingerprint density at radius 2 is 1.70 bits per heavy atom. The second kappa shape index (κ2) is 6.19. The van der Waals surface area contributed by atoms with Crippen LogP contribution in [0.25, 0.3) is 0 Å². The molecule has 104 valence electrons. The molecule has 20 heavy (non-hydrogen) atoms. The number of hydrogen-bond donors (Lipinski definition) is 1. The summed E-state index contributed by atoms with van der Waals surface area (Å²) in [7, 11) is 0. The van der Waals surface area contributed by atoms with Crippen molar-refractivity contribution in [1.29, 1.82) is 0 Å². The third-order valence-electron chi connectivity index (χ3n) is 3.20. The molecular formula is C16H18N2O2. The number of nitrogens with one attached hydrogen (secondary N) is 1. The average molecular weight is 270 g/mol. The first-order chi connectivity index (χ1) is 9.56. The lowest BCUT2D eigenvalue weighted by Gasteiger charge is -2.08. The van der Waals surface area contributed by atoms with Crippen LogP contribution in [0.15, 0.2) is 42.5 Å². The van der Waals surface area contributed by atoms with E-state index in [9.17, 15) is 10.1 Å². The highest BCUT2D eigenvalue weighted by Gasteiger charge is 2.12. The number of benzene rings is 2. The van der Waals surface area contributed by atoms with E-state index in [-0.39, 0.29) is 10.6 Å². The summed E-state index contributed by atoms with van der Waals surface area (Å²) < 4.78 is 0. The highest BCUT2D eigenvalue weighted by atomic mass is 16.6. The minimum Gasteiger partial charge on any atom is -0.379 e. The van der Waals surface area contributed by atoms with Gasteiger partial charge in [0.2, 0.25) is 0 Å². The fourth-order valence-corrected chi connectivity index (χ4v) is 2.05. The molecule has 1 N–H and O–H groups in total. The van der Waals surface area contributed by atoms with Crippen LogP contribution >= 0.6 is 0 Å². The standard InChI is InChI=1S/C16H18N2O2/c1-12-3-6-14(7-4-12)9-10-17-15-11-13(2)5-8-16(15)18(19)20/h3-8,11,17H,9-10H2,1-2H3. The van der Waals surface area contributed by atoms with Crippen molar-refractivity contribution < 1.29 is 4.92 Å². The van der Waals surface area contributed by atoms with Crippen LogP contribution < -0.4 is 5.32 Å². The normalized spacial score (nSPS) is 10.3. The molecule has 0 heterocycles. The molecule has 0 saturated heterocycles. The molecule has 0 saturated carbocycles. The Morgan fingerprint density at radius 3 is 2.35 bits per heavy atom. The van der Waals surface area contributed by atoms with Crippen LogP contribution in [0.1, 0.15) is 16.7 Å². The highest BCUT2D eigenvalue weighted by Crippen LogP contribution is 2.25. The molecule has 0 bridgehead atoms. The number of nitrogens with zero attached hydrogens (tertiary/aromatic N) is 1. The Bertz CT molecular complexity index is 606. The molecule has 0 aromatic heterocycles. The van der Waals surface area contributed by atoms with Gasteiger partial charge in [-0.3, -0.25) is 10.1 Å². The Kier molecular flexibility index (Phi) is 4.35. The summed E-state index contributed by atoms with van der Waals surface area (Å²) in [6, 6.07) is 13.4. The minimum absolute atomic E-state index is 0.125. The van der Waals surface area contributed by atoms with Gasteiger partial charge in [0.25, 0.3) is 5.69 Å². The molecule has 4 nitrogen and oxygen atoms in total. The molecule has 2 rings (SSSR count). The number of rotatable bonds is 5. The summed E-state index contributed by atoms with van der Waals surface area (Å²) in [5, 5.41) is 14.1. The summed E-state index contributed by atoms with van der Waals surface area (Å²) in [5.41, 5.74) is 4.17. The van der Waals surface area contributed by atoms with Gasteiger partial charge in [-0.15, -0.1) is 0 Å². The number of anilines is 1. The Balaban J connectivity index is 2.02. The van der Waals surface area contributed by atoms with Gasteiger partial charge >= 0.3 is 0 Å². The molecule has 0 radical (unpaired) electrons. The van der Waals surface area contributed by atoms with Crippen molar-refractivity contribution in [1.82, 2.24) is 0 Å². The molecule has 0 aliphatic rings. The second-order valence-corrected chi connectivity index (χ2v) is 4.94. The Hall–Kier alpha value is -2.36. The highest BCUT2D eigenvalue weighted by molar-refractivity contribution is 5.62. The first kappa shape index (κ1) is 14.1. The Morgan fingerprint density at radius 1 is 1.05 bits per heavy atom. The van der Waals surface area contributed by atoms with Gasteiger partial charge in [-0.1, -0.05) is 35.9 Å². The summed E-state index contributed by atoms with van der Waals surface area (Å²) in [4.78, 5) is 10.6. The summed E-state index contributed by atoms with van der Waals surface area (Å²) >= 11 is 0. The van der Waals surface area contributed by atoms with Gasteiger partial charge in [-0.05, 0) is 37.5 Å². The van der Waals surface area contributed by atoms with Gasteiger partial charge in [0, 0.05) is 12.6 Å². The minimum atomic E-state index is -0.354. The molecule has 0 spiro atoms. The Labute approximate surface area is 118 Å². The van der Waals surface area contributed by atoms with Gasteiger partial charge < -0.3 is 5.32 Å². The topological polar surface area (TPSA) is 55.2 Å². The number of aryl methyl sites for hydroxylation is 2. The van der Waals surface area contributed by atoms with E-state index in [4.69, 9.17) is 0 Å². The van der Waals surface area contributed by atoms with E-state index >= 15 is 0 Å². The van der Waals surface area contributed by atoms with Gasteiger partial charge in [0.05, 0.1) is 4.92 Å². The lowest BCUT2D eigenvalue weighted by atomic mass is 10.1. The van der Waals surface area contributed by atoms with Crippen LogP contribution in [0.2, 0.25) is 0 Å². The lowest BCUT2D eigenvalue weighted by Crippen LogP contribution is -2.07. The molecule has 0 fully saturated rings. The fraction of sp³-hybridized carbons (Fsp3) is 0.250. The van der Waals surface area contributed by atoms with Gasteiger partial charge in [-0.25, -0.2) is 0 Å². The quantitative estimate of drug-likeness (QED) is 0.663. The van der Waals surface area contributed by atoms with E-state index in [1.54, 1.807) is 12.1 Å². The fourth-order valence-electron chi connectivity index (χ4n) is 2.05. The maximum Gasteiger partial charge on any atom is 0.292 e. The zero-order chi connectivity index (χ0) is 14.5. The van der Waals surface area contributed by atoms with Crippen molar-refractivity contribution in [2.75, 3.05) is 11.9 Å². The van der Waals surface area contributed by atoms with Crippen LogP contribution in [0.4, 0.5) is 11.4 Å². The first-order valence-corrected chi connectivity index (χ1v) is 6.61. The molecule has 2 aromatic rings. The smallest absolute Gasteiger partial charge is 0.292 e. The molecule has 0 atom stereocenters. The van der Waals surface area contributed by atoms with E-state index in [1.165, 1.54) is 11.1 Å². The molecule has 0 amide bonds. The van der Waals surface area contributed by atoms with E-state index in [1.807, 2.05) is 13.0 Å². The van der Waals surface area contributed by atoms with Crippen molar-refractivity contribution in [2.45, 2.75) is 20.3 Å². The van der Waals surface area contributed by atoms with Crippen LogP contribution in [0, 0.1) is 24.0 Å². The van der Waals surface area contributed by atoms with E-state index in [2.05, 4.69) is 36.5 Å². The molecule has 4 heteroatoms. The molecule has 0 aliphatic carbocycles. The van der Waals surface area contributed by atoms with Crippen LogP contribution in [-0.2, 0) is 6.42 Å². The van der Waals surface area contributed by atoms with Crippen LogP contribution in [0.5, 0.6) is 0 Å². The third-order valence-corrected chi connectivity index (χ3v) is 3.20. The number of nitro benzene ring substituents is 1. The van der Waals surface area contributed by atoms with Crippen molar-refractivity contribution in [2.24, 2.45) is 0 Å². The summed E-state index contributed by atoms with van der Waals surface area (Å²) in [5.74, 6) is 0. The molecule has 0 aliphatic heterocycles. The predicted octanol–water partition coefficient (Wildman–Crippen LogP) is 3.87. The molecular weight excluding hydrogens is 252 g/mol. The second-order valence-electron chi connectivity index (χ2n) is 4.94. The molecule has 0 unspecified atom stereocenters. The van der Waals surface area contributed by atoms with Crippen molar-refractivity contribution in [3.63, 3.8) is 0 Å².